The first kappa shape index (κ1) is 30.4. The summed E-state index contributed by atoms with van der Waals surface area (Å²) < 4.78 is 27.8. The van der Waals surface area contributed by atoms with Gasteiger partial charge in [-0.25, -0.2) is 15.0 Å². The van der Waals surface area contributed by atoms with Crippen LogP contribution in [0.5, 0.6) is 0 Å². The molecule has 1 saturated carbocycles. The van der Waals surface area contributed by atoms with Crippen molar-refractivity contribution in [3.63, 3.8) is 0 Å². The molecule has 0 saturated heterocycles. The molecular weight excluding hydrogens is 593 g/mol. The van der Waals surface area contributed by atoms with E-state index in [-0.39, 0.29) is 41.6 Å². The Balaban J connectivity index is 1.18. The molecule has 4 aromatic rings. The molecular formula is C29H32N5O5PS2. The third-order valence-electron chi connectivity index (χ3n) is 7.00. The zero-order chi connectivity index (χ0) is 29.4. The molecule has 2 unspecified atom stereocenters. The molecule has 1 aliphatic rings. The number of thioether (sulfide) groups is 2. The number of nitrogens with two attached hydrogens (primary N) is 1. The molecule has 5 rings (SSSR count). The number of aromatic nitrogens is 4. The lowest BCUT2D eigenvalue weighted by Crippen LogP contribution is -2.12. The van der Waals surface area contributed by atoms with Crippen LogP contribution in [0.4, 0.5) is 5.82 Å². The van der Waals surface area contributed by atoms with Gasteiger partial charge in [0.25, 0.3) is 0 Å². The summed E-state index contributed by atoms with van der Waals surface area (Å²) in [4.78, 5) is 37.7. The van der Waals surface area contributed by atoms with Crippen LogP contribution in [-0.4, -0.2) is 60.6 Å². The zero-order valence-corrected chi connectivity index (χ0v) is 25.4. The third kappa shape index (κ3) is 7.87. The number of nitrogens with zero attached hydrogens (tertiary/aromatic N) is 4. The molecule has 10 nitrogen and oxygen atoms in total. The summed E-state index contributed by atoms with van der Waals surface area (Å²) in [5.74, 6) is 1.12. The molecule has 2 atom stereocenters. The van der Waals surface area contributed by atoms with Gasteiger partial charge in [0.05, 0.1) is 25.7 Å². The van der Waals surface area contributed by atoms with Crippen molar-refractivity contribution in [2.45, 2.75) is 25.3 Å². The summed E-state index contributed by atoms with van der Waals surface area (Å²) in [6.45, 7) is 0.213. The summed E-state index contributed by atoms with van der Waals surface area (Å²) in [6, 6.07) is 18.2. The lowest BCUT2D eigenvalue weighted by molar-refractivity contribution is 0.108. The van der Waals surface area contributed by atoms with Gasteiger partial charge in [-0.05, 0) is 25.2 Å². The first-order valence-electron chi connectivity index (χ1n) is 13.7. The van der Waals surface area contributed by atoms with Gasteiger partial charge >= 0.3 is 7.60 Å². The van der Waals surface area contributed by atoms with Gasteiger partial charge in [0.2, 0.25) is 10.2 Å². The number of nitrogen functional groups attached to an aromatic ring is 1. The van der Waals surface area contributed by atoms with Crippen LogP contribution in [0.3, 0.4) is 0 Å². The molecule has 2 aromatic heterocycles. The Morgan fingerprint density at radius 1 is 0.881 bits per heavy atom. The minimum Gasteiger partial charge on any atom is -0.382 e. The molecule has 2 aromatic carbocycles. The van der Waals surface area contributed by atoms with E-state index < -0.39 is 7.60 Å². The fourth-order valence-electron chi connectivity index (χ4n) is 5.00. The first-order chi connectivity index (χ1) is 20.4. The van der Waals surface area contributed by atoms with E-state index >= 15 is 0 Å². The minimum atomic E-state index is -3.51. The van der Waals surface area contributed by atoms with Crippen molar-refractivity contribution >= 4 is 58.3 Å². The van der Waals surface area contributed by atoms with Crippen molar-refractivity contribution in [2.75, 3.05) is 36.6 Å². The van der Waals surface area contributed by atoms with Crippen molar-refractivity contribution in [3.8, 4) is 0 Å². The van der Waals surface area contributed by atoms with Crippen molar-refractivity contribution in [2.24, 2.45) is 5.92 Å². The highest BCUT2D eigenvalue weighted by Gasteiger charge is 2.35. The molecule has 0 spiro atoms. The lowest BCUT2D eigenvalue weighted by atomic mass is 10.1. The number of carbonyl (C=O) groups excluding carboxylic acids is 2. The van der Waals surface area contributed by atoms with Crippen LogP contribution in [0.1, 0.15) is 46.0 Å². The SMILES string of the molecule is Nc1ncnc2c1ncn2C1CCC(CP(=O)(OCCSC(=O)c2ccccc2)OCCSC(=O)c2ccccc2)C1. The average Bonchev–Trinajstić information content (AvgIpc) is 3.66. The highest BCUT2D eigenvalue weighted by atomic mass is 32.2. The van der Waals surface area contributed by atoms with Crippen molar-refractivity contribution < 1.29 is 23.2 Å². The molecule has 2 heterocycles. The Morgan fingerprint density at radius 2 is 1.48 bits per heavy atom. The molecule has 1 aliphatic carbocycles. The van der Waals surface area contributed by atoms with Gasteiger partial charge in [-0.3, -0.25) is 14.2 Å². The van der Waals surface area contributed by atoms with E-state index in [0.717, 1.165) is 42.8 Å². The fourth-order valence-corrected chi connectivity index (χ4v) is 8.54. The van der Waals surface area contributed by atoms with E-state index in [0.29, 0.717) is 39.6 Å². The second-order valence-electron chi connectivity index (χ2n) is 9.88. The summed E-state index contributed by atoms with van der Waals surface area (Å²) in [7, 11) is -3.51. The molecule has 0 radical (unpaired) electrons. The molecule has 42 heavy (non-hydrogen) atoms. The molecule has 1 fully saturated rings. The van der Waals surface area contributed by atoms with Crippen LogP contribution in [0.25, 0.3) is 11.2 Å². The zero-order valence-electron chi connectivity index (χ0n) is 22.9. The maximum Gasteiger partial charge on any atom is 0.331 e. The quantitative estimate of drug-likeness (QED) is 0.136. The molecule has 220 valence electrons. The summed E-state index contributed by atoms with van der Waals surface area (Å²) in [5, 5.41) is -0.136. The number of hydrogen-bond donors (Lipinski definition) is 1. The van der Waals surface area contributed by atoms with Crippen LogP contribution in [0, 0.1) is 5.92 Å². The maximum absolute atomic E-state index is 14.0. The Bertz CT molecular complexity index is 1490. The molecule has 13 heteroatoms. The normalized spacial score (nSPS) is 17.0. The van der Waals surface area contributed by atoms with Crippen LogP contribution in [0.15, 0.2) is 73.3 Å². The van der Waals surface area contributed by atoms with E-state index in [9.17, 15) is 14.2 Å². The number of fused-ring (bicyclic) bond motifs is 1. The molecule has 0 amide bonds. The van der Waals surface area contributed by atoms with Gasteiger partial charge in [0.15, 0.2) is 11.5 Å². The van der Waals surface area contributed by atoms with E-state index in [1.165, 1.54) is 6.33 Å². The smallest absolute Gasteiger partial charge is 0.331 e. The third-order valence-corrected chi connectivity index (χ3v) is 10.9. The summed E-state index contributed by atoms with van der Waals surface area (Å²) in [6.07, 6.45) is 5.87. The van der Waals surface area contributed by atoms with Gasteiger partial charge in [-0.15, -0.1) is 0 Å². The number of carbonyl (C=O) groups is 2. The molecule has 0 bridgehead atoms. The monoisotopic (exact) mass is 625 g/mol. The maximum atomic E-state index is 14.0. The van der Waals surface area contributed by atoms with Crippen LogP contribution in [-0.2, 0) is 13.6 Å². The van der Waals surface area contributed by atoms with Crippen molar-refractivity contribution in [1.82, 2.24) is 19.5 Å². The first-order valence-corrected chi connectivity index (χ1v) is 17.4. The Labute approximate surface area is 252 Å². The number of anilines is 1. The molecule has 2 N–H and O–H groups in total. The van der Waals surface area contributed by atoms with Crippen LogP contribution >= 0.6 is 31.1 Å². The van der Waals surface area contributed by atoms with E-state index in [2.05, 4.69) is 15.0 Å². The van der Waals surface area contributed by atoms with Gasteiger partial charge in [-0.1, -0.05) is 84.2 Å². The minimum absolute atomic E-state index is 0.0681. The standard InChI is InChI=1S/C29H32N5O5PS2/c30-26-25-27(32-19-31-26)34(20-33-25)24-12-11-21(17-24)18-40(37,38-13-15-41-28(35)22-7-3-1-4-8-22)39-14-16-42-29(36)23-9-5-2-6-10-23/h1-10,19-21,24H,11-18H2,(H2,30,31,32). The van der Waals surface area contributed by atoms with Crippen molar-refractivity contribution in [1.29, 1.82) is 0 Å². The summed E-state index contributed by atoms with van der Waals surface area (Å²) >= 11 is 2.24. The van der Waals surface area contributed by atoms with Gasteiger partial charge < -0.3 is 19.3 Å². The van der Waals surface area contributed by atoms with Crippen molar-refractivity contribution in [3.05, 3.63) is 84.4 Å². The number of imidazole rings is 1. The van der Waals surface area contributed by atoms with E-state index in [1.807, 2.05) is 41.0 Å². The Kier molecular flexibility index (Phi) is 10.5. The second kappa shape index (κ2) is 14.4. The van der Waals surface area contributed by atoms with E-state index in [4.69, 9.17) is 14.8 Å². The second-order valence-corrected chi connectivity index (χ2v) is 14.1. The lowest BCUT2D eigenvalue weighted by Gasteiger charge is -2.22. The van der Waals surface area contributed by atoms with Gasteiger partial charge in [-0.2, -0.15) is 0 Å². The average molecular weight is 626 g/mol. The highest BCUT2D eigenvalue weighted by Crippen LogP contribution is 2.53. The van der Waals surface area contributed by atoms with Crippen LogP contribution < -0.4 is 5.73 Å². The number of benzene rings is 2. The predicted molar refractivity (Wildman–Crippen MR) is 167 cm³/mol. The van der Waals surface area contributed by atoms with E-state index in [1.54, 1.807) is 30.6 Å². The Hall–Kier alpha value is -3.02. The van der Waals surface area contributed by atoms with Gasteiger partial charge in [0, 0.05) is 28.7 Å². The summed E-state index contributed by atoms with van der Waals surface area (Å²) in [5.41, 5.74) is 8.43. The molecule has 0 aliphatic heterocycles. The number of hydrogen-bond acceptors (Lipinski definition) is 11. The largest absolute Gasteiger partial charge is 0.382 e. The topological polar surface area (TPSA) is 139 Å². The Morgan fingerprint density at radius 3 is 2.07 bits per heavy atom. The number of rotatable bonds is 13. The highest BCUT2D eigenvalue weighted by molar-refractivity contribution is 8.14. The van der Waals surface area contributed by atoms with Crippen LogP contribution in [0.2, 0.25) is 0 Å². The predicted octanol–water partition coefficient (Wildman–Crippen LogP) is 6.12. The van der Waals surface area contributed by atoms with Gasteiger partial charge in [0.1, 0.15) is 11.8 Å². The fraction of sp³-hybridized carbons (Fsp3) is 0.345.